The lowest BCUT2D eigenvalue weighted by atomic mass is 10.1. The van der Waals surface area contributed by atoms with Crippen LogP contribution >= 0.6 is 0 Å². The Morgan fingerprint density at radius 2 is 2.15 bits per heavy atom. The number of carbonyl (C=O) groups is 1. The van der Waals surface area contributed by atoms with Crippen molar-refractivity contribution in [3.63, 3.8) is 0 Å². The van der Waals surface area contributed by atoms with Crippen molar-refractivity contribution in [3.05, 3.63) is 29.6 Å². The lowest BCUT2D eigenvalue weighted by Crippen LogP contribution is -2.42. The van der Waals surface area contributed by atoms with E-state index in [1.165, 1.54) is 12.1 Å². The maximum Gasteiger partial charge on any atom is 0.242 e. The summed E-state index contributed by atoms with van der Waals surface area (Å²) in [4.78, 5) is 12.0. The molecule has 0 fully saturated rings. The maximum absolute atomic E-state index is 13.0. The zero-order valence-electron chi connectivity index (χ0n) is 12.0. The van der Waals surface area contributed by atoms with Crippen LogP contribution in [0.25, 0.3) is 0 Å². The Morgan fingerprint density at radius 3 is 2.75 bits per heavy atom. The van der Waals surface area contributed by atoms with Gasteiger partial charge in [0.25, 0.3) is 0 Å². The lowest BCUT2D eigenvalue weighted by molar-refractivity contribution is -0.122. The van der Waals surface area contributed by atoms with E-state index >= 15 is 0 Å². The summed E-state index contributed by atoms with van der Waals surface area (Å²) in [5.74, 6) is -0.611. The highest BCUT2D eigenvalue weighted by atomic mass is 19.1. The highest BCUT2D eigenvalue weighted by Crippen LogP contribution is 2.17. The van der Waals surface area contributed by atoms with Crippen LogP contribution in [0, 0.1) is 17.1 Å². The normalized spacial score (nSPS) is 13.2. The van der Waals surface area contributed by atoms with E-state index in [0.717, 1.165) is 18.9 Å². The molecule has 0 saturated heterocycles. The van der Waals surface area contributed by atoms with Crippen LogP contribution < -0.4 is 10.6 Å². The van der Waals surface area contributed by atoms with Crippen molar-refractivity contribution in [1.29, 1.82) is 5.26 Å². The van der Waals surface area contributed by atoms with E-state index in [0.29, 0.717) is 5.69 Å². The summed E-state index contributed by atoms with van der Waals surface area (Å²) in [5, 5.41) is 14.8. The van der Waals surface area contributed by atoms with E-state index in [9.17, 15) is 9.18 Å². The minimum absolute atomic E-state index is 0.111. The average Bonchev–Trinajstić information content (AvgIpc) is 2.40. The molecule has 2 N–H and O–H groups in total. The summed E-state index contributed by atoms with van der Waals surface area (Å²) in [7, 11) is 0. The molecule has 0 heterocycles. The van der Waals surface area contributed by atoms with Gasteiger partial charge in [-0.2, -0.15) is 5.26 Å². The summed E-state index contributed by atoms with van der Waals surface area (Å²) in [6.45, 7) is 5.72. The predicted octanol–water partition coefficient (Wildman–Crippen LogP) is 2.80. The van der Waals surface area contributed by atoms with Gasteiger partial charge in [-0.05, 0) is 38.5 Å². The van der Waals surface area contributed by atoms with Crippen LogP contribution in [0.2, 0.25) is 0 Å². The number of nitriles is 1. The Labute approximate surface area is 119 Å². The van der Waals surface area contributed by atoms with Crippen LogP contribution in [0.3, 0.4) is 0 Å². The molecule has 0 spiro atoms. The molecule has 0 radical (unpaired) electrons. The number of nitrogens with one attached hydrogen (secondary N) is 2. The van der Waals surface area contributed by atoms with Crippen LogP contribution in [0.1, 0.15) is 39.2 Å². The number of halogens is 1. The van der Waals surface area contributed by atoms with Gasteiger partial charge in [-0.25, -0.2) is 4.39 Å². The molecule has 108 valence electrons. The van der Waals surface area contributed by atoms with Crippen LogP contribution in [0.4, 0.5) is 10.1 Å². The first-order valence-electron chi connectivity index (χ1n) is 6.74. The molecule has 1 amide bonds. The fourth-order valence-corrected chi connectivity index (χ4v) is 1.91. The third kappa shape index (κ3) is 4.54. The first-order valence-corrected chi connectivity index (χ1v) is 6.74. The standard InChI is InChI=1S/C15H20FN3O/c1-4-5-10(2)18-15(20)11(3)19-14-7-6-13(16)8-12(14)9-17/h6-8,10-11,19H,4-5H2,1-3H3,(H,18,20). The lowest BCUT2D eigenvalue weighted by Gasteiger charge is -2.19. The summed E-state index contributed by atoms with van der Waals surface area (Å²) in [6, 6.07) is 5.39. The molecule has 0 aliphatic carbocycles. The van der Waals surface area contributed by atoms with E-state index in [2.05, 4.69) is 17.6 Å². The van der Waals surface area contributed by atoms with E-state index in [4.69, 9.17) is 5.26 Å². The Balaban J connectivity index is 2.69. The van der Waals surface area contributed by atoms with Gasteiger partial charge in [-0.15, -0.1) is 0 Å². The largest absolute Gasteiger partial charge is 0.373 e. The topological polar surface area (TPSA) is 64.9 Å². The minimum Gasteiger partial charge on any atom is -0.373 e. The number of hydrogen-bond donors (Lipinski definition) is 2. The van der Waals surface area contributed by atoms with Gasteiger partial charge in [0.2, 0.25) is 5.91 Å². The summed E-state index contributed by atoms with van der Waals surface area (Å²) in [5.41, 5.74) is 0.644. The number of carbonyl (C=O) groups excluding carboxylic acids is 1. The van der Waals surface area contributed by atoms with Crippen molar-refractivity contribution in [2.24, 2.45) is 0 Å². The molecule has 5 heteroatoms. The zero-order valence-corrected chi connectivity index (χ0v) is 12.0. The van der Waals surface area contributed by atoms with E-state index in [1.807, 2.05) is 13.0 Å². The van der Waals surface area contributed by atoms with Gasteiger partial charge in [0.05, 0.1) is 11.3 Å². The molecular formula is C15H20FN3O. The molecule has 2 unspecified atom stereocenters. The van der Waals surface area contributed by atoms with E-state index < -0.39 is 11.9 Å². The highest BCUT2D eigenvalue weighted by molar-refractivity contribution is 5.84. The second-order valence-corrected chi connectivity index (χ2v) is 4.87. The minimum atomic E-state index is -0.494. The van der Waals surface area contributed by atoms with Crippen LogP contribution in [0.5, 0.6) is 0 Å². The SMILES string of the molecule is CCCC(C)NC(=O)C(C)Nc1ccc(F)cc1C#N. The zero-order chi connectivity index (χ0) is 15.1. The van der Waals surface area contributed by atoms with Crippen LogP contribution in [-0.4, -0.2) is 18.0 Å². The first kappa shape index (κ1) is 16.0. The quantitative estimate of drug-likeness (QED) is 0.840. The van der Waals surface area contributed by atoms with Crippen molar-refractivity contribution in [2.45, 2.75) is 45.7 Å². The predicted molar refractivity (Wildman–Crippen MR) is 76.7 cm³/mol. The van der Waals surface area contributed by atoms with Gasteiger partial charge in [0.1, 0.15) is 17.9 Å². The second kappa shape index (κ2) is 7.49. The molecule has 2 atom stereocenters. The van der Waals surface area contributed by atoms with Gasteiger partial charge in [-0.1, -0.05) is 13.3 Å². The number of hydrogen-bond acceptors (Lipinski definition) is 3. The van der Waals surface area contributed by atoms with Gasteiger partial charge in [-0.3, -0.25) is 4.79 Å². The summed E-state index contributed by atoms with van der Waals surface area (Å²) in [6.07, 6.45) is 1.91. The third-order valence-electron chi connectivity index (χ3n) is 2.98. The van der Waals surface area contributed by atoms with E-state index in [1.54, 1.807) is 6.92 Å². The summed E-state index contributed by atoms with van der Waals surface area (Å²) >= 11 is 0. The van der Waals surface area contributed by atoms with Crippen molar-refractivity contribution < 1.29 is 9.18 Å². The number of benzene rings is 1. The van der Waals surface area contributed by atoms with Gasteiger partial charge < -0.3 is 10.6 Å². The Kier molecular flexibility index (Phi) is 5.98. The van der Waals surface area contributed by atoms with Crippen molar-refractivity contribution >= 4 is 11.6 Å². The fraction of sp³-hybridized carbons (Fsp3) is 0.467. The molecule has 1 aromatic carbocycles. The molecule has 0 aliphatic rings. The molecule has 20 heavy (non-hydrogen) atoms. The Hall–Kier alpha value is -2.09. The second-order valence-electron chi connectivity index (χ2n) is 4.87. The van der Waals surface area contributed by atoms with Gasteiger partial charge >= 0.3 is 0 Å². The molecular weight excluding hydrogens is 257 g/mol. The molecule has 0 aromatic heterocycles. The monoisotopic (exact) mass is 277 g/mol. The molecule has 1 rings (SSSR count). The Morgan fingerprint density at radius 1 is 1.45 bits per heavy atom. The van der Waals surface area contributed by atoms with Crippen molar-refractivity contribution in [1.82, 2.24) is 5.32 Å². The molecule has 0 bridgehead atoms. The van der Waals surface area contributed by atoms with Crippen LogP contribution in [-0.2, 0) is 4.79 Å². The summed E-state index contributed by atoms with van der Waals surface area (Å²) < 4.78 is 13.0. The number of anilines is 1. The average molecular weight is 277 g/mol. The molecule has 0 saturated carbocycles. The molecule has 1 aromatic rings. The fourth-order valence-electron chi connectivity index (χ4n) is 1.91. The first-order chi connectivity index (χ1) is 9.47. The van der Waals surface area contributed by atoms with Crippen molar-refractivity contribution in [2.75, 3.05) is 5.32 Å². The highest BCUT2D eigenvalue weighted by Gasteiger charge is 2.16. The van der Waals surface area contributed by atoms with Crippen molar-refractivity contribution in [3.8, 4) is 6.07 Å². The maximum atomic E-state index is 13.0. The molecule has 0 aliphatic heterocycles. The molecule has 4 nitrogen and oxygen atoms in total. The van der Waals surface area contributed by atoms with Gasteiger partial charge in [0, 0.05) is 6.04 Å². The Bertz CT molecular complexity index is 510. The number of nitrogens with zero attached hydrogens (tertiary/aromatic N) is 1. The third-order valence-corrected chi connectivity index (χ3v) is 2.98. The van der Waals surface area contributed by atoms with E-state index in [-0.39, 0.29) is 17.5 Å². The number of amides is 1. The number of rotatable bonds is 6. The van der Waals surface area contributed by atoms with Gasteiger partial charge in [0.15, 0.2) is 0 Å². The smallest absolute Gasteiger partial charge is 0.242 e. The van der Waals surface area contributed by atoms with Crippen LogP contribution in [0.15, 0.2) is 18.2 Å².